The SMILES string of the molecule is Cc1c(N)ncnc1-c1ccc2ncccc2c1. The molecule has 2 aromatic heterocycles. The molecule has 4 nitrogen and oxygen atoms in total. The Hall–Kier alpha value is -2.49. The van der Waals surface area contributed by atoms with Crippen LogP contribution in [0.5, 0.6) is 0 Å². The van der Waals surface area contributed by atoms with Crippen molar-refractivity contribution in [2.24, 2.45) is 0 Å². The molecule has 0 aliphatic carbocycles. The zero-order chi connectivity index (χ0) is 12.5. The number of hydrogen-bond acceptors (Lipinski definition) is 4. The summed E-state index contributed by atoms with van der Waals surface area (Å²) in [6, 6.07) is 10.0. The van der Waals surface area contributed by atoms with Gasteiger partial charge in [0.25, 0.3) is 0 Å². The molecule has 18 heavy (non-hydrogen) atoms. The highest BCUT2D eigenvalue weighted by molar-refractivity contribution is 5.84. The van der Waals surface area contributed by atoms with Crippen LogP contribution in [-0.4, -0.2) is 15.0 Å². The average Bonchev–Trinajstić information content (AvgIpc) is 2.41. The van der Waals surface area contributed by atoms with Gasteiger partial charge in [0, 0.05) is 22.7 Å². The summed E-state index contributed by atoms with van der Waals surface area (Å²) < 4.78 is 0. The predicted octanol–water partition coefficient (Wildman–Crippen LogP) is 2.58. The van der Waals surface area contributed by atoms with Gasteiger partial charge >= 0.3 is 0 Å². The zero-order valence-electron chi connectivity index (χ0n) is 9.96. The number of nitrogens with two attached hydrogens (primary N) is 1. The van der Waals surface area contributed by atoms with Gasteiger partial charge in [0.05, 0.1) is 11.2 Å². The highest BCUT2D eigenvalue weighted by Crippen LogP contribution is 2.25. The van der Waals surface area contributed by atoms with Gasteiger partial charge in [0.1, 0.15) is 12.1 Å². The molecule has 88 valence electrons. The van der Waals surface area contributed by atoms with Crippen LogP contribution < -0.4 is 5.73 Å². The molecular formula is C14H12N4. The molecule has 2 heterocycles. The molecule has 0 saturated carbocycles. The first-order valence-corrected chi connectivity index (χ1v) is 5.68. The molecule has 0 saturated heterocycles. The number of fused-ring (bicyclic) bond motifs is 1. The molecule has 2 N–H and O–H groups in total. The monoisotopic (exact) mass is 236 g/mol. The fourth-order valence-electron chi connectivity index (χ4n) is 1.98. The first-order valence-electron chi connectivity index (χ1n) is 5.68. The summed E-state index contributed by atoms with van der Waals surface area (Å²) in [6.07, 6.45) is 3.28. The molecular weight excluding hydrogens is 224 g/mol. The predicted molar refractivity (Wildman–Crippen MR) is 71.9 cm³/mol. The minimum absolute atomic E-state index is 0.520. The van der Waals surface area contributed by atoms with E-state index in [1.807, 2.05) is 31.2 Å². The Kier molecular flexibility index (Phi) is 2.41. The van der Waals surface area contributed by atoms with E-state index in [4.69, 9.17) is 5.73 Å². The standard InChI is InChI=1S/C14H12N4/c1-9-13(17-8-18-14(9)15)11-4-5-12-10(7-11)3-2-6-16-12/h2-8H,1H3,(H2,15,17,18). The Balaban J connectivity index is 2.22. The number of nitrogens with zero attached hydrogens (tertiary/aromatic N) is 3. The summed E-state index contributed by atoms with van der Waals surface area (Å²) in [5.41, 5.74) is 9.58. The lowest BCUT2D eigenvalue weighted by Crippen LogP contribution is -1.98. The third-order valence-corrected chi connectivity index (χ3v) is 3.00. The first kappa shape index (κ1) is 10.7. The van der Waals surface area contributed by atoms with Crippen LogP contribution in [0.4, 0.5) is 5.82 Å². The van der Waals surface area contributed by atoms with Crippen molar-refractivity contribution in [3.63, 3.8) is 0 Å². The minimum Gasteiger partial charge on any atom is -0.383 e. The topological polar surface area (TPSA) is 64.7 Å². The smallest absolute Gasteiger partial charge is 0.130 e. The maximum Gasteiger partial charge on any atom is 0.130 e. The second-order valence-corrected chi connectivity index (χ2v) is 4.14. The van der Waals surface area contributed by atoms with Gasteiger partial charge in [-0.2, -0.15) is 0 Å². The maximum absolute atomic E-state index is 5.81. The molecule has 4 heteroatoms. The van der Waals surface area contributed by atoms with E-state index in [2.05, 4.69) is 21.0 Å². The number of pyridine rings is 1. The second kappa shape index (κ2) is 4.07. The van der Waals surface area contributed by atoms with Crippen LogP contribution in [0.15, 0.2) is 42.9 Å². The van der Waals surface area contributed by atoms with E-state index in [1.165, 1.54) is 6.33 Å². The van der Waals surface area contributed by atoms with Crippen molar-refractivity contribution >= 4 is 16.7 Å². The van der Waals surface area contributed by atoms with Gasteiger partial charge in [-0.25, -0.2) is 9.97 Å². The Morgan fingerprint density at radius 2 is 1.94 bits per heavy atom. The summed E-state index contributed by atoms with van der Waals surface area (Å²) in [4.78, 5) is 12.6. The van der Waals surface area contributed by atoms with Crippen LogP contribution in [0.25, 0.3) is 22.2 Å². The minimum atomic E-state index is 0.520. The lowest BCUT2D eigenvalue weighted by Gasteiger charge is -2.07. The number of anilines is 1. The largest absolute Gasteiger partial charge is 0.383 e. The van der Waals surface area contributed by atoms with Crippen molar-refractivity contribution in [2.75, 3.05) is 5.73 Å². The Morgan fingerprint density at radius 3 is 2.83 bits per heavy atom. The van der Waals surface area contributed by atoms with E-state index in [0.29, 0.717) is 5.82 Å². The van der Waals surface area contributed by atoms with Crippen molar-refractivity contribution in [1.29, 1.82) is 0 Å². The van der Waals surface area contributed by atoms with Crippen molar-refractivity contribution in [3.05, 3.63) is 48.4 Å². The van der Waals surface area contributed by atoms with E-state index in [1.54, 1.807) is 6.20 Å². The van der Waals surface area contributed by atoms with E-state index < -0.39 is 0 Å². The summed E-state index contributed by atoms with van der Waals surface area (Å²) in [7, 11) is 0. The maximum atomic E-state index is 5.81. The molecule has 3 rings (SSSR count). The molecule has 0 radical (unpaired) electrons. The summed E-state index contributed by atoms with van der Waals surface area (Å²) in [6.45, 7) is 1.93. The molecule has 0 spiro atoms. The fraction of sp³-hybridized carbons (Fsp3) is 0.0714. The van der Waals surface area contributed by atoms with Crippen molar-refractivity contribution < 1.29 is 0 Å². The average molecular weight is 236 g/mol. The third-order valence-electron chi connectivity index (χ3n) is 3.00. The van der Waals surface area contributed by atoms with Gasteiger partial charge < -0.3 is 5.73 Å². The summed E-state index contributed by atoms with van der Waals surface area (Å²) in [5, 5.41) is 1.09. The van der Waals surface area contributed by atoms with E-state index >= 15 is 0 Å². The van der Waals surface area contributed by atoms with Gasteiger partial charge in [-0.15, -0.1) is 0 Å². The van der Waals surface area contributed by atoms with Gasteiger partial charge in [-0.1, -0.05) is 12.1 Å². The van der Waals surface area contributed by atoms with Crippen LogP contribution in [0.3, 0.4) is 0 Å². The summed E-state index contributed by atoms with van der Waals surface area (Å²) >= 11 is 0. The molecule has 0 aliphatic heterocycles. The molecule has 0 aliphatic rings. The van der Waals surface area contributed by atoms with E-state index in [9.17, 15) is 0 Å². The van der Waals surface area contributed by atoms with Crippen LogP contribution in [0.2, 0.25) is 0 Å². The Labute approximate surface area is 105 Å². The highest BCUT2D eigenvalue weighted by Gasteiger charge is 2.07. The van der Waals surface area contributed by atoms with E-state index in [-0.39, 0.29) is 0 Å². The quantitative estimate of drug-likeness (QED) is 0.705. The lowest BCUT2D eigenvalue weighted by atomic mass is 10.0. The first-order chi connectivity index (χ1) is 8.75. The van der Waals surface area contributed by atoms with Crippen molar-refractivity contribution in [2.45, 2.75) is 6.92 Å². The molecule has 0 fully saturated rings. The van der Waals surface area contributed by atoms with Gasteiger partial charge in [0.2, 0.25) is 0 Å². The highest BCUT2D eigenvalue weighted by atomic mass is 14.9. The fourth-order valence-corrected chi connectivity index (χ4v) is 1.98. The van der Waals surface area contributed by atoms with Gasteiger partial charge in [-0.05, 0) is 25.1 Å². The van der Waals surface area contributed by atoms with Crippen LogP contribution in [0, 0.1) is 6.92 Å². The lowest BCUT2D eigenvalue weighted by molar-refractivity contribution is 1.14. The summed E-state index contributed by atoms with van der Waals surface area (Å²) in [5.74, 6) is 0.520. The van der Waals surface area contributed by atoms with Crippen molar-refractivity contribution in [3.8, 4) is 11.3 Å². The van der Waals surface area contributed by atoms with Gasteiger partial charge in [0.15, 0.2) is 0 Å². The van der Waals surface area contributed by atoms with Crippen LogP contribution in [-0.2, 0) is 0 Å². The normalized spacial score (nSPS) is 10.7. The number of rotatable bonds is 1. The number of benzene rings is 1. The van der Waals surface area contributed by atoms with Crippen LogP contribution in [0.1, 0.15) is 5.56 Å². The molecule has 0 unspecified atom stereocenters. The molecule has 0 atom stereocenters. The third kappa shape index (κ3) is 1.68. The number of hydrogen-bond donors (Lipinski definition) is 1. The molecule has 0 amide bonds. The molecule has 0 bridgehead atoms. The second-order valence-electron chi connectivity index (χ2n) is 4.14. The molecule has 1 aromatic carbocycles. The van der Waals surface area contributed by atoms with Crippen LogP contribution >= 0.6 is 0 Å². The number of nitrogen functional groups attached to an aromatic ring is 1. The molecule has 3 aromatic rings. The van der Waals surface area contributed by atoms with Crippen molar-refractivity contribution in [1.82, 2.24) is 15.0 Å². The Bertz CT molecular complexity index is 722. The Morgan fingerprint density at radius 1 is 1.06 bits per heavy atom. The van der Waals surface area contributed by atoms with Gasteiger partial charge in [-0.3, -0.25) is 4.98 Å². The zero-order valence-corrected chi connectivity index (χ0v) is 9.96. The number of aromatic nitrogens is 3. The van der Waals surface area contributed by atoms with E-state index in [0.717, 1.165) is 27.7 Å².